The van der Waals surface area contributed by atoms with Gasteiger partial charge in [0.05, 0.1) is 11.9 Å². The zero-order chi connectivity index (χ0) is 11.8. The molecule has 16 heavy (non-hydrogen) atoms. The predicted molar refractivity (Wildman–Crippen MR) is 60.7 cm³/mol. The van der Waals surface area contributed by atoms with Crippen molar-refractivity contribution >= 4 is 23.3 Å². The molecule has 88 valence electrons. The molecule has 1 aromatic rings. The minimum Gasteiger partial charge on any atom is -0.374 e. The molecule has 0 bridgehead atoms. The van der Waals surface area contributed by atoms with Crippen LogP contribution in [0.3, 0.4) is 0 Å². The van der Waals surface area contributed by atoms with Gasteiger partial charge < -0.3 is 9.62 Å². The molecule has 0 fully saturated rings. The van der Waals surface area contributed by atoms with Crippen LogP contribution in [0.1, 0.15) is 5.56 Å². The number of halogens is 3. The SMILES string of the molecule is CN1CCc2cc(NSC(F)(F)F)ccc21. The van der Waals surface area contributed by atoms with E-state index >= 15 is 0 Å². The minimum atomic E-state index is -4.25. The van der Waals surface area contributed by atoms with Crippen LogP contribution >= 0.6 is 11.9 Å². The summed E-state index contributed by atoms with van der Waals surface area (Å²) in [4.78, 5) is 2.09. The summed E-state index contributed by atoms with van der Waals surface area (Å²) in [5, 5.41) is 0. The molecule has 1 heterocycles. The van der Waals surface area contributed by atoms with Gasteiger partial charge in [-0.15, -0.1) is 0 Å². The molecular weight excluding hydrogens is 237 g/mol. The third-order valence-electron chi connectivity index (χ3n) is 2.49. The summed E-state index contributed by atoms with van der Waals surface area (Å²) >= 11 is -0.231. The van der Waals surface area contributed by atoms with Gasteiger partial charge in [0, 0.05) is 25.0 Å². The van der Waals surface area contributed by atoms with Crippen molar-refractivity contribution in [3.8, 4) is 0 Å². The standard InChI is InChI=1S/C10H11F3N2S/c1-15-5-4-7-6-8(2-3-9(7)15)14-16-10(11,12)13/h2-3,6,14H,4-5H2,1H3. The molecule has 6 heteroatoms. The fraction of sp³-hybridized carbons (Fsp3) is 0.400. The lowest BCUT2D eigenvalue weighted by molar-refractivity contribution is -0.0323. The quantitative estimate of drug-likeness (QED) is 0.809. The Morgan fingerprint density at radius 3 is 2.81 bits per heavy atom. The van der Waals surface area contributed by atoms with E-state index in [4.69, 9.17) is 0 Å². The Hall–Kier alpha value is -1.04. The Morgan fingerprint density at radius 1 is 1.38 bits per heavy atom. The molecule has 0 saturated carbocycles. The Bertz CT molecular complexity index is 392. The molecule has 1 aliphatic rings. The molecular formula is C10H11F3N2S. The molecule has 2 nitrogen and oxygen atoms in total. The maximum atomic E-state index is 12.0. The number of rotatable bonds is 2. The van der Waals surface area contributed by atoms with E-state index in [0.717, 1.165) is 24.2 Å². The van der Waals surface area contributed by atoms with Crippen molar-refractivity contribution in [1.29, 1.82) is 0 Å². The van der Waals surface area contributed by atoms with Gasteiger partial charge in [0.2, 0.25) is 0 Å². The first-order valence-electron chi connectivity index (χ1n) is 4.80. The number of benzene rings is 1. The van der Waals surface area contributed by atoms with Gasteiger partial charge in [0.1, 0.15) is 0 Å². The predicted octanol–water partition coefficient (Wildman–Crippen LogP) is 3.26. The fourth-order valence-corrected chi connectivity index (χ4v) is 2.11. The van der Waals surface area contributed by atoms with E-state index in [1.807, 2.05) is 13.1 Å². The summed E-state index contributed by atoms with van der Waals surface area (Å²) in [7, 11) is 1.98. The molecule has 0 unspecified atom stereocenters. The van der Waals surface area contributed by atoms with Crippen molar-refractivity contribution in [1.82, 2.24) is 0 Å². The highest BCUT2D eigenvalue weighted by molar-refractivity contribution is 8.01. The van der Waals surface area contributed by atoms with Crippen molar-refractivity contribution in [3.63, 3.8) is 0 Å². The van der Waals surface area contributed by atoms with E-state index in [1.54, 1.807) is 12.1 Å². The highest BCUT2D eigenvalue weighted by Gasteiger charge is 2.29. The second-order valence-corrected chi connectivity index (χ2v) is 4.54. The van der Waals surface area contributed by atoms with Crippen LogP contribution in [0.4, 0.5) is 24.5 Å². The first kappa shape index (κ1) is 11.4. The number of hydrogen-bond donors (Lipinski definition) is 1. The molecule has 1 N–H and O–H groups in total. The lowest BCUT2D eigenvalue weighted by atomic mass is 10.1. The van der Waals surface area contributed by atoms with E-state index in [0.29, 0.717) is 5.69 Å². The zero-order valence-electron chi connectivity index (χ0n) is 8.64. The molecule has 0 aliphatic carbocycles. The molecule has 0 saturated heterocycles. The van der Waals surface area contributed by atoms with Crippen LogP contribution < -0.4 is 9.62 Å². The molecule has 2 rings (SSSR count). The van der Waals surface area contributed by atoms with Gasteiger partial charge in [0.25, 0.3) is 0 Å². The zero-order valence-corrected chi connectivity index (χ0v) is 9.45. The van der Waals surface area contributed by atoms with Gasteiger partial charge in [-0.2, -0.15) is 13.2 Å². The summed E-state index contributed by atoms with van der Waals surface area (Å²) in [5.41, 5.74) is -1.57. The fourth-order valence-electron chi connectivity index (χ4n) is 1.75. The van der Waals surface area contributed by atoms with Gasteiger partial charge in [-0.3, -0.25) is 0 Å². The highest BCUT2D eigenvalue weighted by atomic mass is 32.2. The average molecular weight is 248 g/mol. The number of anilines is 2. The maximum absolute atomic E-state index is 12.0. The van der Waals surface area contributed by atoms with E-state index in [2.05, 4.69) is 9.62 Å². The van der Waals surface area contributed by atoms with Crippen molar-refractivity contribution < 1.29 is 13.2 Å². The number of nitrogens with zero attached hydrogens (tertiary/aromatic N) is 1. The maximum Gasteiger partial charge on any atom is 0.461 e. The van der Waals surface area contributed by atoms with Crippen LogP contribution in [0.15, 0.2) is 18.2 Å². The van der Waals surface area contributed by atoms with Gasteiger partial charge >= 0.3 is 5.51 Å². The average Bonchev–Trinajstić information content (AvgIpc) is 2.56. The Labute approximate surface area is 96.0 Å². The minimum absolute atomic E-state index is 0.231. The van der Waals surface area contributed by atoms with Crippen LogP contribution in [0, 0.1) is 0 Å². The van der Waals surface area contributed by atoms with Gasteiger partial charge in [-0.05, 0) is 30.2 Å². The molecule has 0 atom stereocenters. The van der Waals surface area contributed by atoms with Crippen molar-refractivity contribution in [2.75, 3.05) is 23.2 Å². The van der Waals surface area contributed by atoms with E-state index in [1.165, 1.54) is 0 Å². The summed E-state index contributed by atoms with van der Waals surface area (Å²) in [6.45, 7) is 0.922. The first-order valence-corrected chi connectivity index (χ1v) is 5.62. The Kier molecular flexibility index (Phi) is 2.92. The topological polar surface area (TPSA) is 15.3 Å². The number of nitrogens with one attached hydrogen (secondary N) is 1. The largest absolute Gasteiger partial charge is 0.461 e. The summed E-state index contributed by atoms with van der Waals surface area (Å²) < 4.78 is 38.2. The lowest BCUT2D eigenvalue weighted by Gasteiger charge is -2.13. The molecule has 0 radical (unpaired) electrons. The second kappa shape index (κ2) is 4.08. The smallest absolute Gasteiger partial charge is 0.374 e. The lowest BCUT2D eigenvalue weighted by Crippen LogP contribution is -2.12. The van der Waals surface area contributed by atoms with Gasteiger partial charge in [0.15, 0.2) is 0 Å². The van der Waals surface area contributed by atoms with Crippen molar-refractivity contribution in [2.45, 2.75) is 11.9 Å². The molecule has 0 spiro atoms. The van der Waals surface area contributed by atoms with Gasteiger partial charge in [-0.1, -0.05) is 0 Å². The second-order valence-electron chi connectivity index (χ2n) is 3.66. The third kappa shape index (κ3) is 2.55. The van der Waals surface area contributed by atoms with Gasteiger partial charge in [-0.25, -0.2) is 0 Å². The molecule has 0 aromatic heterocycles. The normalized spacial score (nSPS) is 15.1. The number of likely N-dealkylation sites (N-methyl/N-ethyl adjacent to an activating group) is 1. The molecule has 0 amide bonds. The monoisotopic (exact) mass is 248 g/mol. The Balaban J connectivity index is 2.08. The van der Waals surface area contributed by atoms with E-state index in [-0.39, 0.29) is 11.9 Å². The molecule has 1 aromatic carbocycles. The van der Waals surface area contributed by atoms with Crippen molar-refractivity contribution in [3.05, 3.63) is 23.8 Å². The number of fused-ring (bicyclic) bond motifs is 1. The van der Waals surface area contributed by atoms with Crippen molar-refractivity contribution in [2.24, 2.45) is 0 Å². The number of alkyl halides is 3. The first-order chi connectivity index (χ1) is 7.46. The third-order valence-corrected chi connectivity index (χ3v) is 3.06. The summed E-state index contributed by atoms with van der Waals surface area (Å²) in [5.74, 6) is 0. The van der Waals surface area contributed by atoms with E-state index < -0.39 is 5.51 Å². The summed E-state index contributed by atoms with van der Waals surface area (Å²) in [6.07, 6.45) is 0.887. The van der Waals surface area contributed by atoms with Crippen LogP contribution in [0.2, 0.25) is 0 Å². The van der Waals surface area contributed by atoms with Crippen LogP contribution in [0.5, 0.6) is 0 Å². The van der Waals surface area contributed by atoms with Crippen LogP contribution in [-0.4, -0.2) is 19.1 Å². The number of hydrogen-bond acceptors (Lipinski definition) is 3. The van der Waals surface area contributed by atoms with Crippen LogP contribution in [-0.2, 0) is 6.42 Å². The molecule has 1 aliphatic heterocycles. The Morgan fingerprint density at radius 2 is 2.12 bits per heavy atom. The van der Waals surface area contributed by atoms with Crippen LogP contribution in [0.25, 0.3) is 0 Å². The highest BCUT2D eigenvalue weighted by Crippen LogP contribution is 2.34. The summed E-state index contributed by atoms with van der Waals surface area (Å²) in [6, 6.07) is 5.29. The van der Waals surface area contributed by atoms with E-state index in [9.17, 15) is 13.2 Å².